The SMILES string of the molecule is COc1ccc(C(=O)SCCOP(=O)(COCCn2cnc3c(=O)[nH]c(N)nc32)OCc2ccccc2)cc1C. The lowest BCUT2D eigenvalue weighted by Crippen LogP contribution is -2.13. The number of ether oxygens (including phenoxy) is 2. The van der Waals surface area contributed by atoms with E-state index in [1.54, 1.807) is 29.9 Å². The van der Waals surface area contributed by atoms with Crippen molar-refractivity contribution in [3.63, 3.8) is 0 Å². The first kappa shape index (κ1) is 29.5. The van der Waals surface area contributed by atoms with Gasteiger partial charge in [-0.1, -0.05) is 42.1 Å². The van der Waals surface area contributed by atoms with Gasteiger partial charge in [0.05, 0.1) is 33.3 Å². The summed E-state index contributed by atoms with van der Waals surface area (Å²) >= 11 is 1.06. The molecule has 2 aromatic carbocycles. The molecule has 3 N–H and O–H groups in total. The van der Waals surface area contributed by atoms with Crippen molar-refractivity contribution < 1.29 is 27.9 Å². The minimum Gasteiger partial charge on any atom is -0.496 e. The maximum atomic E-state index is 13.5. The minimum absolute atomic E-state index is 0.0130. The van der Waals surface area contributed by atoms with Crippen LogP contribution >= 0.6 is 19.4 Å². The molecule has 0 aliphatic heterocycles. The van der Waals surface area contributed by atoms with E-state index < -0.39 is 13.2 Å². The quantitative estimate of drug-likeness (QED) is 0.162. The highest BCUT2D eigenvalue weighted by molar-refractivity contribution is 8.14. The summed E-state index contributed by atoms with van der Waals surface area (Å²) in [6, 6.07) is 14.5. The fraction of sp³-hybridized carbons (Fsp3) is 0.308. The highest BCUT2D eigenvalue weighted by Crippen LogP contribution is 2.49. The summed E-state index contributed by atoms with van der Waals surface area (Å²) in [5.41, 5.74) is 7.90. The highest BCUT2D eigenvalue weighted by Gasteiger charge is 2.26. The van der Waals surface area contributed by atoms with E-state index in [1.807, 2.05) is 37.3 Å². The van der Waals surface area contributed by atoms with Crippen molar-refractivity contribution >= 4 is 41.6 Å². The Morgan fingerprint density at radius 2 is 1.95 bits per heavy atom. The molecule has 14 heteroatoms. The van der Waals surface area contributed by atoms with Crippen LogP contribution in [0.5, 0.6) is 5.75 Å². The molecule has 0 saturated carbocycles. The van der Waals surface area contributed by atoms with Crippen LogP contribution in [0.1, 0.15) is 21.5 Å². The zero-order chi connectivity index (χ0) is 28.5. The molecule has 4 aromatic rings. The summed E-state index contributed by atoms with van der Waals surface area (Å²) < 4.78 is 37.4. The van der Waals surface area contributed by atoms with Gasteiger partial charge >= 0.3 is 7.60 Å². The molecule has 212 valence electrons. The first-order valence-electron chi connectivity index (χ1n) is 12.3. The standard InChI is InChI=1S/C26H30N5O7PS/c1-18-14-20(8-9-21(18)35-2)25(33)40-13-12-37-39(34,38-15-19-6-4-3-5-7-19)17-36-11-10-31-16-28-22-23(31)29-26(27)30-24(22)32/h3-9,14,16H,10-13,15,17H2,1-2H3,(H3,27,29,30,32). The molecular formula is C26H30N5O7PS. The second-order valence-corrected chi connectivity index (χ2v) is 11.7. The van der Waals surface area contributed by atoms with E-state index in [1.165, 1.54) is 6.33 Å². The number of imidazole rings is 1. The van der Waals surface area contributed by atoms with E-state index in [9.17, 15) is 14.2 Å². The van der Waals surface area contributed by atoms with Crippen LogP contribution in [0, 0.1) is 6.92 Å². The number of nitrogens with one attached hydrogen (secondary N) is 1. The first-order chi connectivity index (χ1) is 19.3. The zero-order valence-corrected chi connectivity index (χ0v) is 23.8. The van der Waals surface area contributed by atoms with Crippen LogP contribution in [-0.2, 0) is 31.5 Å². The van der Waals surface area contributed by atoms with Gasteiger partial charge in [-0.2, -0.15) is 4.98 Å². The molecule has 0 saturated heterocycles. The van der Waals surface area contributed by atoms with Crippen molar-refractivity contribution in [2.75, 3.05) is 38.2 Å². The van der Waals surface area contributed by atoms with E-state index in [4.69, 9.17) is 24.3 Å². The number of anilines is 1. The van der Waals surface area contributed by atoms with Crippen LogP contribution < -0.4 is 16.0 Å². The van der Waals surface area contributed by atoms with Crippen molar-refractivity contribution in [2.24, 2.45) is 0 Å². The second kappa shape index (κ2) is 13.7. The van der Waals surface area contributed by atoms with Crippen LogP contribution in [0.3, 0.4) is 0 Å². The van der Waals surface area contributed by atoms with Crippen LogP contribution in [0.4, 0.5) is 5.95 Å². The lowest BCUT2D eigenvalue weighted by molar-refractivity contribution is 0.108. The molecule has 0 aliphatic rings. The molecule has 40 heavy (non-hydrogen) atoms. The largest absolute Gasteiger partial charge is 0.496 e. The molecular weight excluding hydrogens is 557 g/mol. The summed E-state index contributed by atoms with van der Waals surface area (Å²) in [6.45, 7) is 2.34. The van der Waals surface area contributed by atoms with Gasteiger partial charge in [-0.15, -0.1) is 0 Å². The number of aromatic nitrogens is 4. The van der Waals surface area contributed by atoms with Crippen LogP contribution in [0.15, 0.2) is 59.7 Å². The average Bonchev–Trinajstić information content (AvgIpc) is 3.36. The number of hydrogen-bond donors (Lipinski definition) is 2. The van der Waals surface area contributed by atoms with Crippen molar-refractivity contribution in [2.45, 2.75) is 20.1 Å². The third-order valence-electron chi connectivity index (χ3n) is 5.72. The molecule has 12 nitrogen and oxygen atoms in total. The number of hydrogen-bond acceptors (Lipinski definition) is 11. The number of nitrogens with zero attached hydrogens (tertiary/aromatic N) is 3. The number of fused-ring (bicyclic) bond motifs is 1. The lowest BCUT2D eigenvalue weighted by atomic mass is 10.1. The summed E-state index contributed by atoms with van der Waals surface area (Å²) in [5.74, 6) is 0.952. The van der Waals surface area contributed by atoms with E-state index in [-0.39, 0.29) is 55.0 Å². The summed E-state index contributed by atoms with van der Waals surface area (Å²) in [5, 5.41) is -0.133. The fourth-order valence-corrected chi connectivity index (χ4v) is 5.79. The molecule has 0 aliphatic carbocycles. The van der Waals surface area contributed by atoms with E-state index in [0.29, 0.717) is 17.0 Å². The van der Waals surface area contributed by atoms with Gasteiger partial charge in [-0.3, -0.25) is 19.1 Å². The monoisotopic (exact) mass is 587 g/mol. The Morgan fingerprint density at radius 3 is 2.70 bits per heavy atom. The maximum absolute atomic E-state index is 13.5. The Morgan fingerprint density at radius 1 is 1.15 bits per heavy atom. The molecule has 0 bridgehead atoms. The topological polar surface area (TPSA) is 161 Å². The molecule has 1 atom stereocenters. The number of nitrogens with two attached hydrogens (primary N) is 1. The van der Waals surface area contributed by atoms with E-state index >= 15 is 0 Å². The van der Waals surface area contributed by atoms with Crippen LogP contribution in [-0.4, -0.2) is 57.1 Å². The van der Waals surface area contributed by atoms with E-state index in [2.05, 4.69) is 15.0 Å². The van der Waals surface area contributed by atoms with Gasteiger partial charge in [0.25, 0.3) is 5.56 Å². The number of carbonyl (C=O) groups is 1. The molecule has 2 heterocycles. The Hall–Kier alpha value is -3.48. The number of aromatic amines is 1. The smallest absolute Gasteiger partial charge is 0.356 e. The van der Waals surface area contributed by atoms with Crippen LogP contribution in [0.25, 0.3) is 11.2 Å². The molecule has 0 amide bonds. The molecule has 0 spiro atoms. The van der Waals surface area contributed by atoms with Gasteiger partial charge in [0, 0.05) is 17.9 Å². The van der Waals surface area contributed by atoms with Gasteiger partial charge in [-0.05, 0) is 36.2 Å². The van der Waals surface area contributed by atoms with Gasteiger partial charge in [-0.25, -0.2) is 4.98 Å². The predicted octanol–water partition coefficient (Wildman–Crippen LogP) is 3.99. The average molecular weight is 588 g/mol. The normalized spacial score (nSPS) is 12.8. The summed E-state index contributed by atoms with van der Waals surface area (Å²) in [4.78, 5) is 35.1. The third kappa shape index (κ3) is 7.80. The molecule has 0 fully saturated rings. The number of H-pyrrole nitrogens is 1. The van der Waals surface area contributed by atoms with Gasteiger partial charge in [0.2, 0.25) is 11.1 Å². The first-order valence-corrected chi connectivity index (χ1v) is 15.0. The van der Waals surface area contributed by atoms with Gasteiger partial charge < -0.3 is 28.8 Å². The number of methoxy groups -OCH3 is 1. The maximum Gasteiger partial charge on any atom is 0.356 e. The Bertz CT molecular complexity index is 1560. The van der Waals surface area contributed by atoms with E-state index in [0.717, 1.165) is 22.9 Å². The number of rotatable bonds is 14. The molecule has 0 radical (unpaired) electrons. The van der Waals surface area contributed by atoms with Gasteiger partial charge in [0.15, 0.2) is 11.2 Å². The second-order valence-electron chi connectivity index (χ2n) is 8.62. The van der Waals surface area contributed by atoms with Gasteiger partial charge in [0.1, 0.15) is 12.1 Å². The Labute approximate surface area is 234 Å². The minimum atomic E-state index is -3.68. The highest BCUT2D eigenvalue weighted by atomic mass is 32.2. The molecule has 4 rings (SSSR count). The third-order valence-corrected chi connectivity index (χ3v) is 8.19. The number of benzene rings is 2. The Kier molecular flexibility index (Phi) is 10.1. The van der Waals surface area contributed by atoms with Crippen LogP contribution in [0.2, 0.25) is 0 Å². The Balaban J connectivity index is 1.32. The summed E-state index contributed by atoms with van der Waals surface area (Å²) in [6.07, 6.45) is 1.15. The van der Waals surface area contributed by atoms with Crippen molar-refractivity contribution in [3.8, 4) is 5.75 Å². The lowest BCUT2D eigenvalue weighted by Gasteiger charge is -2.19. The molecule has 1 unspecified atom stereocenters. The fourth-order valence-electron chi connectivity index (χ4n) is 3.73. The predicted molar refractivity (Wildman–Crippen MR) is 153 cm³/mol. The van der Waals surface area contributed by atoms with Crippen molar-refractivity contribution in [3.05, 3.63) is 81.9 Å². The molecule has 2 aromatic heterocycles. The number of thioether (sulfide) groups is 1. The number of nitrogen functional groups attached to an aromatic ring is 1. The summed E-state index contributed by atoms with van der Waals surface area (Å²) in [7, 11) is -2.11. The number of aryl methyl sites for hydroxylation is 1. The zero-order valence-electron chi connectivity index (χ0n) is 22.1. The van der Waals surface area contributed by atoms with Crippen molar-refractivity contribution in [1.82, 2.24) is 19.5 Å². The van der Waals surface area contributed by atoms with Crippen molar-refractivity contribution in [1.29, 1.82) is 0 Å². The number of carbonyl (C=O) groups excluding carboxylic acids is 1.